The number of anilines is 1. The minimum Gasteiger partial charge on any atom is -0.462 e. The third-order valence-electron chi connectivity index (χ3n) is 5.80. The van der Waals surface area contributed by atoms with Gasteiger partial charge in [0.05, 0.1) is 24.6 Å². The van der Waals surface area contributed by atoms with E-state index in [2.05, 4.69) is 0 Å². The molecule has 1 unspecified atom stereocenters. The number of fused-ring (bicyclic) bond motifs is 2. The van der Waals surface area contributed by atoms with Gasteiger partial charge in [-0.25, -0.2) is 17.6 Å². The first kappa shape index (κ1) is 22.8. The molecular formula is C23H23FN2O6S. The quantitative estimate of drug-likeness (QED) is 0.535. The molecule has 0 saturated heterocycles. The van der Waals surface area contributed by atoms with Gasteiger partial charge >= 0.3 is 5.97 Å². The highest BCUT2D eigenvalue weighted by Crippen LogP contribution is 2.42. The second-order valence-electron chi connectivity index (χ2n) is 7.89. The molecule has 2 aromatic carbocycles. The number of benzene rings is 2. The van der Waals surface area contributed by atoms with Crippen LogP contribution in [0.5, 0.6) is 0 Å². The summed E-state index contributed by atoms with van der Waals surface area (Å²) >= 11 is 0. The second-order valence-corrected chi connectivity index (χ2v) is 9.80. The number of halogens is 1. The second kappa shape index (κ2) is 8.18. The van der Waals surface area contributed by atoms with E-state index in [4.69, 9.17) is 9.15 Å². The maximum Gasteiger partial charge on any atom is 0.342 e. The van der Waals surface area contributed by atoms with Crippen molar-refractivity contribution in [3.05, 3.63) is 53.3 Å². The third-order valence-corrected chi connectivity index (χ3v) is 6.92. The lowest BCUT2D eigenvalue weighted by Gasteiger charge is -2.23. The zero-order valence-electron chi connectivity index (χ0n) is 18.6. The summed E-state index contributed by atoms with van der Waals surface area (Å²) in [6, 6.07) is 8.18. The molecule has 10 heteroatoms. The van der Waals surface area contributed by atoms with Gasteiger partial charge in [-0.05, 0) is 49.7 Å². The van der Waals surface area contributed by atoms with Crippen LogP contribution in [-0.2, 0) is 19.6 Å². The van der Waals surface area contributed by atoms with E-state index < -0.39 is 27.9 Å². The van der Waals surface area contributed by atoms with E-state index in [9.17, 15) is 22.4 Å². The van der Waals surface area contributed by atoms with Crippen molar-refractivity contribution in [2.24, 2.45) is 0 Å². The van der Waals surface area contributed by atoms with E-state index in [0.29, 0.717) is 22.2 Å². The Balaban J connectivity index is 2.05. The summed E-state index contributed by atoms with van der Waals surface area (Å²) in [5.74, 6) is -1.24. The van der Waals surface area contributed by atoms with Gasteiger partial charge in [0.1, 0.15) is 29.3 Å². The van der Waals surface area contributed by atoms with Gasteiger partial charge in [0.25, 0.3) is 0 Å². The van der Waals surface area contributed by atoms with Gasteiger partial charge in [-0.2, -0.15) is 0 Å². The zero-order valence-corrected chi connectivity index (χ0v) is 19.4. The van der Waals surface area contributed by atoms with Crippen molar-refractivity contribution in [3.63, 3.8) is 0 Å². The fourth-order valence-electron chi connectivity index (χ4n) is 3.95. The Bertz CT molecular complexity index is 1360. The summed E-state index contributed by atoms with van der Waals surface area (Å²) in [7, 11) is -2.19. The van der Waals surface area contributed by atoms with Crippen molar-refractivity contribution >= 4 is 38.6 Å². The lowest BCUT2D eigenvalue weighted by atomic mass is 9.99. The minimum absolute atomic E-state index is 0.134. The van der Waals surface area contributed by atoms with Crippen molar-refractivity contribution in [2.45, 2.75) is 19.9 Å². The van der Waals surface area contributed by atoms with Gasteiger partial charge in [0.15, 0.2) is 0 Å². The fourth-order valence-corrected chi connectivity index (χ4v) is 4.81. The summed E-state index contributed by atoms with van der Waals surface area (Å²) in [4.78, 5) is 27.0. The molecule has 174 valence electrons. The number of ether oxygens (including phenoxy) is 1. The summed E-state index contributed by atoms with van der Waals surface area (Å²) in [5, 5.41) is 0.412. The fraction of sp³-hybridized carbons (Fsp3) is 0.304. The van der Waals surface area contributed by atoms with Crippen molar-refractivity contribution in [1.82, 2.24) is 4.90 Å². The lowest BCUT2D eigenvalue weighted by molar-refractivity contribution is -0.129. The normalized spacial score (nSPS) is 16.6. The Kier molecular flexibility index (Phi) is 5.65. The number of esters is 1. The molecule has 1 amide bonds. The van der Waals surface area contributed by atoms with E-state index in [1.807, 2.05) is 0 Å². The smallest absolute Gasteiger partial charge is 0.342 e. The molecule has 0 bridgehead atoms. The largest absolute Gasteiger partial charge is 0.462 e. The third kappa shape index (κ3) is 3.95. The summed E-state index contributed by atoms with van der Waals surface area (Å²) in [6.45, 7) is 3.24. The standard InChI is InChI=1S/C23H23FN2O6S/c1-5-31-23(28)21-17-10-16-13(2)25(3)20(27)12-26(33(4,29)30)18(16)11-19(17)32-22(21)14-6-8-15(24)9-7-14/h6-11,13H,5,12H2,1-4H3. The molecular weight excluding hydrogens is 451 g/mol. The lowest BCUT2D eigenvalue weighted by Crippen LogP contribution is -2.38. The molecule has 3 aromatic rings. The maximum absolute atomic E-state index is 13.5. The van der Waals surface area contributed by atoms with Crippen molar-refractivity contribution < 1.29 is 31.6 Å². The van der Waals surface area contributed by atoms with E-state index >= 15 is 0 Å². The Labute approximate surface area is 190 Å². The van der Waals surface area contributed by atoms with Crippen LogP contribution in [0.15, 0.2) is 40.8 Å². The van der Waals surface area contributed by atoms with Crippen LogP contribution in [0.4, 0.5) is 10.1 Å². The Morgan fingerprint density at radius 1 is 1.24 bits per heavy atom. The van der Waals surface area contributed by atoms with Crippen molar-refractivity contribution in [2.75, 3.05) is 30.8 Å². The van der Waals surface area contributed by atoms with Gasteiger partial charge in [0.2, 0.25) is 15.9 Å². The number of carbonyl (C=O) groups is 2. The molecule has 1 aromatic heterocycles. The van der Waals surface area contributed by atoms with Crippen LogP contribution in [0.1, 0.15) is 35.8 Å². The first-order valence-corrected chi connectivity index (χ1v) is 12.1. The molecule has 0 spiro atoms. The number of furan rings is 1. The number of hydrogen-bond acceptors (Lipinski definition) is 6. The summed E-state index contributed by atoms with van der Waals surface area (Å²) in [6.07, 6.45) is 1.03. The van der Waals surface area contributed by atoms with Crippen molar-refractivity contribution in [1.29, 1.82) is 0 Å². The van der Waals surface area contributed by atoms with Crippen molar-refractivity contribution in [3.8, 4) is 11.3 Å². The number of rotatable bonds is 4. The molecule has 0 fully saturated rings. The number of amides is 1. The number of hydrogen-bond donors (Lipinski definition) is 0. The van der Waals surface area contributed by atoms with Crippen LogP contribution < -0.4 is 4.31 Å². The van der Waals surface area contributed by atoms with Crippen LogP contribution in [0.2, 0.25) is 0 Å². The number of carbonyl (C=O) groups excluding carboxylic acids is 2. The highest BCUT2D eigenvalue weighted by Gasteiger charge is 2.35. The molecule has 2 heterocycles. The molecule has 1 aliphatic rings. The topological polar surface area (TPSA) is 97.1 Å². The van der Waals surface area contributed by atoms with E-state index in [1.165, 1.54) is 35.2 Å². The Hall–Kier alpha value is -3.40. The van der Waals surface area contributed by atoms with Gasteiger partial charge < -0.3 is 14.1 Å². The maximum atomic E-state index is 13.5. The predicted octanol–water partition coefficient (Wildman–Crippen LogP) is 3.71. The number of nitrogens with zero attached hydrogens (tertiary/aromatic N) is 2. The van der Waals surface area contributed by atoms with Crippen LogP contribution >= 0.6 is 0 Å². The van der Waals surface area contributed by atoms with Crippen LogP contribution in [0.3, 0.4) is 0 Å². The molecule has 1 atom stereocenters. The van der Waals surface area contributed by atoms with E-state index in [0.717, 1.165) is 10.6 Å². The van der Waals surface area contributed by atoms with Crippen LogP contribution in [-0.4, -0.2) is 51.6 Å². The highest BCUT2D eigenvalue weighted by atomic mass is 32.2. The molecule has 1 aliphatic heterocycles. The first-order chi connectivity index (χ1) is 15.5. The first-order valence-electron chi connectivity index (χ1n) is 10.3. The average molecular weight is 475 g/mol. The SMILES string of the molecule is CCOC(=O)c1c(-c2ccc(F)cc2)oc2cc3c(cc12)C(C)N(C)C(=O)CN3S(C)(=O)=O. The molecule has 33 heavy (non-hydrogen) atoms. The summed E-state index contributed by atoms with van der Waals surface area (Å²) < 4.78 is 50.8. The van der Waals surface area contributed by atoms with Gasteiger partial charge in [0, 0.05) is 24.1 Å². The summed E-state index contributed by atoms with van der Waals surface area (Å²) in [5.41, 5.74) is 1.70. The zero-order chi connectivity index (χ0) is 24.1. The molecule has 0 N–H and O–H groups in total. The average Bonchev–Trinajstić information content (AvgIpc) is 3.09. The van der Waals surface area contributed by atoms with Gasteiger partial charge in [-0.15, -0.1) is 0 Å². The molecule has 8 nitrogen and oxygen atoms in total. The minimum atomic E-state index is -3.79. The molecule has 4 rings (SSSR count). The van der Waals surface area contributed by atoms with Crippen LogP contribution in [0.25, 0.3) is 22.3 Å². The van der Waals surface area contributed by atoms with Gasteiger partial charge in [-0.1, -0.05) is 0 Å². The monoisotopic (exact) mass is 474 g/mol. The molecule has 0 saturated carbocycles. The Morgan fingerprint density at radius 2 is 1.91 bits per heavy atom. The van der Waals surface area contributed by atoms with Gasteiger partial charge in [-0.3, -0.25) is 9.10 Å². The number of sulfonamides is 1. The molecule has 0 radical (unpaired) electrons. The highest BCUT2D eigenvalue weighted by molar-refractivity contribution is 7.92. The Morgan fingerprint density at radius 3 is 2.52 bits per heavy atom. The van der Waals surface area contributed by atoms with E-state index in [1.54, 1.807) is 27.0 Å². The molecule has 0 aliphatic carbocycles. The predicted molar refractivity (Wildman–Crippen MR) is 121 cm³/mol. The number of likely N-dealkylation sites (N-methyl/N-ethyl adjacent to an activating group) is 1. The van der Waals surface area contributed by atoms with E-state index in [-0.39, 0.29) is 36.0 Å². The van der Waals surface area contributed by atoms with Crippen LogP contribution in [0, 0.1) is 5.82 Å².